The Hall–Kier alpha value is -3.24. The van der Waals surface area contributed by atoms with E-state index in [1.54, 1.807) is 54.3 Å². The Morgan fingerprint density at radius 1 is 0.941 bits per heavy atom. The Morgan fingerprint density at radius 2 is 1.53 bits per heavy atom. The largest absolute Gasteiger partial charge is 0.305 e. The first-order chi connectivity index (χ1) is 15.9. The number of carbonyl (C=O) groups excluding carboxylic acids is 1. The third-order valence-corrected chi connectivity index (χ3v) is 8.71. The zero-order valence-electron chi connectivity index (χ0n) is 19.3. The second kappa shape index (κ2) is 8.52. The lowest BCUT2D eigenvalue weighted by atomic mass is 10.1. The summed E-state index contributed by atoms with van der Waals surface area (Å²) in [6.45, 7) is 5.19. The minimum absolute atomic E-state index is 0.0826. The van der Waals surface area contributed by atoms with Crippen LogP contribution in [0.1, 0.15) is 19.4 Å². The monoisotopic (exact) mass is 499 g/mol. The summed E-state index contributed by atoms with van der Waals surface area (Å²) in [6, 6.07) is 14.1. The summed E-state index contributed by atoms with van der Waals surface area (Å²) in [5.41, 5.74) is 2.76. The predicted molar refractivity (Wildman–Crippen MR) is 131 cm³/mol. The summed E-state index contributed by atoms with van der Waals surface area (Å²) in [7, 11) is -7.26. The van der Waals surface area contributed by atoms with E-state index in [0.29, 0.717) is 22.6 Å². The number of benzene rings is 2. The molecule has 0 bridgehead atoms. The highest BCUT2D eigenvalue weighted by Crippen LogP contribution is 2.40. The molecule has 0 N–H and O–H groups in total. The summed E-state index contributed by atoms with van der Waals surface area (Å²) in [5, 5.41) is 0. The van der Waals surface area contributed by atoms with E-state index in [1.807, 2.05) is 6.92 Å². The Balaban J connectivity index is 1.87. The van der Waals surface area contributed by atoms with Gasteiger partial charge in [0.25, 0.3) is 10.0 Å². The van der Waals surface area contributed by atoms with Crippen LogP contribution in [0.3, 0.4) is 0 Å². The number of sulfone groups is 1. The van der Waals surface area contributed by atoms with Crippen molar-refractivity contribution < 1.29 is 21.6 Å². The molecule has 0 unspecified atom stereocenters. The fourth-order valence-corrected chi connectivity index (χ4v) is 6.24. The van der Waals surface area contributed by atoms with Crippen LogP contribution in [0.25, 0.3) is 11.3 Å². The summed E-state index contributed by atoms with van der Waals surface area (Å²) >= 11 is 0. The van der Waals surface area contributed by atoms with Crippen LogP contribution in [0.2, 0.25) is 0 Å². The van der Waals surface area contributed by atoms with E-state index in [-0.39, 0.29) is 22.2 Å². The van der Waals surface area contributed by atoms with E-state index in [0.717, 1.165) is 11.8 Å². The van der Waals surface area contributed by atoms with Crippen LogP contribution in [0, 0.1) is 6.92 Å². The zero-order chi connectivity index (χ0) is 24.8. The lowest BCUT2D eigenvalue weighted by Crippen LogP contribution is -2.51. The maximum absolute atomic E-state index is 13.6. The van der Waals surface area contributed by atoms with Crippen LogP contribution in [-0.2, 0) is 24.7 Å². The van der Waals surface area contributed by atoms with Crippen molar-refractivity contribution in [3.8, 4) is 11.3 Å². The van der Waals surface area contributed by atoms with Gasteiger partial charge in [0, 0.05) is 18.7 Å². The van der Waals surface area contributed by atoms with Gasteiger partial charge in [-0.05, 0) is 44.2 Å². The molecule has 1 aliphatic heterocycles. The average Bonchev–Trinajstić information content (AvgIpc) is 2.77. The number of nitrogens with zero attached hydrogens (tertiary/aromatic N) is 3. The maximum atomic E-state index is 13.6. The van der Waals surface area contributed by atoms with Crippen molar-refractivity contribution in [2.24, 2.45) is 0 Å². The van der Waals surface area contributed by atoms with Crippen molar-refractivity contribution in [2.75, 3.05) is 22.0 Å². The van der Waals surface area contributed by atoms with Crippen molar-refractivity contribution in [1.82, 2.24) is 4.98 Å². The molecule has 0 aliphatic carbocycles. The van der Waals surface area contributed by atoms with E-state index in [4.69, 9.17) is 0 Å². The number of rotatable bonds is 4. The van der Waals surface area contributed by atoms with Crippen LogP contribution >= 0.6 is 0 Å². The number of pyridine rings is 1. The smallest absolute Gasteiger partial charge is 0.264 e. The SMILES string of the molecule is CC(=O)N1c2cnc(-c3ccc(S(C)(=O)=O)cc3)cc2N(S(=O)(=O)c2ccc(C)cc2)C[C@@H]1C. The number of hydrogen-bond donors (Lipinski definition) is 0. The van der Waals surface area contributed by atoms with Gasteiger partial charge in [-0.15, -0.1) is 0 Å². The van der Waals surface area contributed by atoms with Crippen LogP contribution in [0.5, 0.6) is 0 Å². The molecule has 1 atom stereocenters. The van der Waals surface area contributed by atoms with Gasteiger partial charge in [-0.3, -0.25) is 14.1 Å². The number of amides is 1. The van der Waals surface area contributed by atoms with E-state index in [9.17, 15) is 21.6 Å². The second-order valence-electron chi connectivity index (χ2n) is 8.44. The van der Waals surface area contributed by atoms with Crippen molar-refractivity contribution in [2.45, 2.75) is 36.6 Å². The first-order valence-electron chi connectivity index (χ1n) is 10.6. The molecule has 0 saturated carbocycles. The van der Waals surface area contributed by atoms with Gasteiger partial charge < -0.3 is 4.90 Å². The van der Waals surface area contributed by atoms with E-state index in [1.165, 1.54) is 29.6 Å². The molecule has 1 amide bonds. The third kappa shape index (κ3) is 4.30. The molecule has 0 saturated heterocycles. The second-order valence-corrected chi connectivity index (χ2v) is 12.3. The summed E-state index contributed by atoms with van der Waals surface area (Å²) < 4.78 is 52.1. The number of hydrogen-bond acceptors (Lipinski definition) is 6. The third-order valence-electron chi connectivity index (χ3n) is 5.79. The molecule has 1 aromatic heterocycles. The normalized spacial score (nSPS) is 16.3. The maximum Gasteiger partial charge on any atom is 0.264 e. The van der Waals surface area contributed by atoms with Gasteiger partial charge >= 0.3 is 0 Å². The lowest BCUT2D eigenvalue weighted by molar-refractivity contribution is -0.117. The summed E-state index contributed by atoms with van der Waals surface area (Å²) in [5.74, 6) is -0.215. The molecule has 0 spiro atoms. The summed E-state index contributed by atoms with van der Waals surface area (Å²) in [4.78, 5) is 18.7. The molecule has 178 valence electrons. The van der Waals surface area contributed by atoms with Crippen LogP contribution in [-0.4, -0.2) is 46.6 Å². The highest BCUT2D eigenvalue weighted by atomic mass is 32.2. The number of anilines is 2. The van der Waals surface area contributed by atoms with Crippen LogP contribution in [0.4, 0.5) is 11.4 Å². The van der Waals surface area contributed by atoms with Gasteiger partial charge in [0.05, 0.1) is 45.6 Å². The number of aryl methyl sites for hydroxylation is 1. The van der Waals surface area contributed by atoms with Gasteiger partial charge in [-0.1, -0.05) is 29.8 Å². The first kappa shape index (κ1) is 23.9. The molecule has 1 aliphatic rings. The van der Waals surface area contributed by atoms with Crippen LogP contribution in [0.15, 0.2) is 70.6 Å². The predicted octanol–water partition coefficient (Wildman–Crippen LogP) is 3.41. The minimum atomic E-state index is -3.91. The van der Waals surface area contributed by atoms with Crippen molar-refractivity contribution in [3.63, 3.8) is 0 Å². The molecule has 3 aromatic rings. The van der Waals surface area contributed by atoms with Crippen molar-refractivity contribution >= 4 is 37.1 Å². The Bertz CT molecular complexity index is 1470. The molecular formula is C24H25N3O5S2. The molecule has 34 heavy (non-hydrogen) atoms. The standard InChI is InChI=1S/C24H25N3O5S2/c1-16-5-9-21(10-6-16)34(31,32)26-15-17(2)27(18(3)28)24-14-25-22(13-23(24)26)19-7-11-20(12-8-19)33(4,29)30/h5-14,17H,15H2,1-4H3/t17-/m0/s1. The van der Waals surface area contributed by atoms with Gasteiger partial charge in [0.2, 0.25) is 5.91 Å². The Kier molecular flexibility index (Phi) is 5.99. The minimum Gasteiger partial charge on any atom is -0.305 e. The molecule has 4 rings (SSSR count). The quantitative estimate of drug-likeness (QED) is 0.545. The number of sulfonamides is 1. The van der Waals surface area contributed by atoms with E-state index >= 15 is 0 Å². The zero-order valence-corrected chi connectivity index (χ0v) is 20.9. The summed E-state index contributed by atoms with van der Waals surface area (Å²) in [6.07, 6.45) is 2.62. The Labute approximate surface area is 199 Å². The van der Waals surface area contributed by atoms with Gasteiger partial charge in [0.15, 0.2) is 9.84 Å². The molecule has 10 heteroatoms. The molecule has 2 heterocycles. The Morgan fingerprint density at radius 3 is 2.09 bits per heavy atom. The molecule has 8 nitrogen and oxygen atoms in total. The first-order valence-corrected chi connectivity index (χ1v) is 13.9. The highest BCUT2D eigenvalue weighted by molar-refractivity contribution is 7.92. The molecule has 0 radical (unpaired) electrons. The molecule has 2 aromatic carbocycles. The van der Waals surface area contributed by atoms with E-state index in [2.05, 4.69) is 4.98 Å². The van der Waals surface area contributed by atoms with Gasteiger partial charge in [0.1, 0.15) is 0 Å². The topological polar surface area (TPSA) is 105 Å². The fraction of sp³-hybridized carbons (Fsp3) is 0.250. The van der Waals surface area contributed by atoms with Gasteiger partial charge in [-0.25, -0.2) is 16.8 Å². The highest BCUT2D eigenvalue weighted by Gasteiger charge is 2.37. The molecule has 0 fully saturated rings. The number of carbonyl (C=O) groups is 1. The van der Waals surface area contributed by atoms with Crippen molar-refractivity contribution in [1.29, 1.82) is 0 Å². The van der Waals surface area contributed by atoms with Gasteiger partial charge in [-0.2, -0.15) is 0 Å². The lowest BCUT2D eigenvalue weighted by Gasteiger charge is -2.40. The fourth-order valence-electron chi connectivity index (χ4n) is 4.06. The van der Waals surface area contributed by atoms with Crippen LogP contribution < -0.4 is 9.21 Å². The molecular weight excluding hydrogens is 474 g/mol. The van der Waals surface area contributed by atoms with E-state index < -0.39 is 25.9 Å². The average molecular weight is 500 g/mol. The van der Waals surface area contributed by atoms with Crippen molar-refractivity contribution in [3.05, 3.63) is 66.4 Å². The number of fused-ring (bicyclic) bond motifs is 1. The number of aromatic nitrogens is 1.